The van der Waals surface area contributed by atoms with Gasteiger partial charge in [0.25, 0.3) is 0 Å². The number of aromatic nitrogens is 3. The van der Waals surface area contributed by atoms with E-state index in [1.807, 2.05) is 23.0 Å². The highest BCUT2D eigenvalue weighted by Gasteiger charge is 2.23. The molecule has 1 aliphatic heterocycles. The molecule has 0 amide bonds. The number of hydrogen-bond donors (Lipinski definition) is 2. The first kappa shape index (κ1) is 23.1. The lowest BCUT2D eigenvalue weighted by molar-refractivity contribution is 0.649. The van der Waals surface area contributed by atoms with Gasteiger partial charge in [0, 0.05) is 50.0 Å². The minimum absolute atomic E-state index is 0. The van der Waals surface area contributed by atoms with Crippen LogP contribution in [0.4, 0.5) is 5.69 Å². The maximum atomic E-state index is 4.77. The number of anilines is 1. The molecule has 2 N–H and O–H groups in total. The molecule has 0 saturated carbocycles. The first-order valence-electron chi connectivity index (χ1n) is 10.5. The number of halogens is 1. The van der Waals surface area contributed by atoms with Crippen LogP contribution < -0.4 is 15.5 Å². The van der Waals surface area contributed by atoms with E-state index in [1.54, 1.807) is 12.5 Å². The number of pyridine rings is 1. The predicted octanol–water partition coefficient (Wildman–Crippen LogP) is 3.53. The van der Waals surface area contributed by atoms with Gasteiger partial charge in [0.1, 0.15) is 12.1 Å². The number of rotatable bonds is 6. The Kier molecular flexibility index (Phi) is 8.27. The number of guanidine groups is 1. The van der Waals surface area contributed by atoms with Crippen LogP contribution in [0.25, 0.3) is 5.82 Å². The molecule has 1 aromatic carbocycles. The van der Waals surface area contributed by atoms with Crippen molar-refractivity contribution in [2.75, 3.05) is 24.5 Å². The summed E-state index contributed by atoms with van der Waals surface area (Å²) in [4.78, 5) is 15.8. The average molecular weight is 531 g/mol. The Hall–Kier alpha value is -2.62. The predicted molar refractivity (Wildman–Crippen MR) is 137 cm³/mol. The van der Waals surface area contributed by atoms with Crippen LogP contribution in [0.15, 0.2) is 66.3 Å². The minimum Gasteiger partial charge on any atom is -0.369 e. The molecule has 1 atom stereocenters. The molecule has 3 heterocycles. The molecule has 0 aliphatic carbocycles. The molecule has 164 valence electrons. The standard InChI is InChI=1S/C23H29N7.HI/c1-3-25-23(27-15-19-6-9-22(26-14-19)30-13-11-24-17-30)28-20-10-12-29(16-20)21-7-4-18(2)5-8-21;/h4-9,11,13-14,17,20H,3,10,12,15-16H2,1-2H3,(H2,25,27,28);1H. The SMILES string of the molecule is CCNC(=NCc1ccc(-n2ccnc2)nc1)NC1CCN(c2ccc(C)cc2)C1.I. The van der Waals surface area contributed by atoms with Crippen molar-refractivity contribution in [2.24, 2.45) is 4.99 Å². The summed E-state index contributed by atoms with van der Waals surface area (Å²) in [6.07, 6.45) is 8.34. The molecule has 3 aromatic rings. The summed E-state index contributed by atoms with van der Waals surface area (Å²) >= 11 is 0. The molecule has 1 aliphatic rings. The molecule has 1 fully saturated rings. The molecule has 0 bridgehead atoms. The van der Waals surface area contributed by atoms with Gasteiger partial charge in [-0.05, 0) is 44.0 Å². The highest BCUT2D eigenvalue weighted by molar-refractivity contribution is 14.0. The maximum Gasteiger partial charge on any atom is 0.191 e. The van der Waals surface area contributed by atoms with Gasteiger partial charge < -0.3 is 15.5 Å². The van der Waals surface area contributed by atoms with Crippen molar-refractivity contribution < 1.29 is 0 Å². The highest BCUT2D eigenvalue weighted by Crippen LogP contribution is 2.20. The molecule has 4 rings (SSSR count). The van der Waals surface area contributed by atoms with Crippen LogP contribution in [-0.2, 0) is 6.54 Å². The second kappa shape index (κ2) is 11.1. The van der Waals surface area contributed by atoms with Gasteiger partial charge in [0.05, 0.1) is 6.54 Å². The van der Waals surface area contributed by atoms with E-state index in [-0.39, 0.29) is 24.0 Å². The van der Waals surface area contributed by atoms with E-state index in [9.17, 15) is 0 Å². The van der Waals surface area contributed by atoms with Crippen molar-refractivity contribution in [1.82, 2.24) is 25.2 Å². The van der Waals surface area contributed by atoms with Crippen LogP contribution in [0.2, 0.25) is 0 Å². The van der Waals surface area contributed by atoms with Gasteiger partial charge in [-0.25, -0.2) is 15.0 Å². The van der Waals surface area contributed by atoms with E-state index in [4.69, 9.17) is 4.99 Å². The van der Waals surface area contributed by atoms with Crippen LogP contribution in [0, 0.1) is 6.92 Å². The van der Waals surface area contributed by atoms with Gasteiger partial charge in [-0.3, -0.25) is 4.57 Å². The molecule has 1 unspecified atom stereocenters. The van der Waals surface area contributed by atoms with E-state index >= 15 is 0 Å². The van der Waals surface area contributed by atoms with Crippen molar-refractivity contribution >= 4 is 35.6 Å². The fraction of sp³-hybridized carbons (Fsp3) is 0.348. The number of nitrogens with one attached hydrogen (secondary N) is 2. The zero-order valence-electron chi connectivity index (χ0n) is 18.0. The van der Waals surface area contributed by atoms with E-state index in [2.05, 4.69) is 69.7 Å². The van der Waals surface area contributed by atoms with E-state index < -0.39 is 0 Å². The lowest BCUT2D eigenvalue weighted by atomic mass is 10.2. The van der Waals surface area contributed by atoms with Crippen molar-refractivity contribution in [3.05, 3.63) is 72.4 Å². The van der Waals surface area contributed by atoms with Crippen LogP contribution in [-0.4, -0.2) is 46.2 Å². The van der Waals surface area contributed by atoms with Crippen molar-refractivity contribution in [3.8, 4) is 5.82 Å². The van der Waals surface area contributed by atoms with Crippen LogP contribution >= 0.6 is 24.0 Å². The first-order chi connectivity index (χ1) is 14.7. The fourth-order valence-electron chi connectivity index (χ4n) is 3.61. The summed E-state index contributed by atoms with van der Waals surface area (Å²) in [5.74, 6) is 1.71. The quantitative estimate of drug-likeness (QED) is 0.290. The van der Waals surface area contributed by atoms with E-state index in [1.165, 1.54) is 11.3 Å². The lowest BCUT2D eigenvalue weighted by Crippen LogP contribution is -2.44. The fourth-order valence-corrected chi connectivity index (χ4v) is 3.61. The molecular weight excluding hydrogens is 501 g/mol. The van der Waals surface area contributed by atoms with Gasteiger partial charge >= 0.3 is 0 Å². The molecule has 31 heavy (non-hydrogen) atoms. The largest absolute Gasteiger partial charge is 0.369 e. The molecule has 0 radical (unpaired) electrons. The minimum atomic E-state index is 0. The third-order valence-corrected chi connectivity index (χ3v) is 5.27. The number of aliphatic imine (C=N–C) groups is 1. The summed E-state index contributed by atoms with van der Waals surface area (Å²) in [6, 6.07) is 13.2. The molecule has 1 saturated heterocycles. The zero-order valence-corrected chi connectivity index (χ0v) is 20.4. The van der Waals surface area contributed by atoms with Crippen molar-refractivity contribution in [1.29, 1.82) is 0 Å². The molecule has 0 spiro atoms. The van der Waals surface area contributed by atoms with Gasteiger partial charge in [0.15, 0.2) is 5.96 Å². The van der Waals surface area contributed by atoms with Gasteiger partial charge in [0.2, 0.25) is 0 Å². The monoisotopic (exact) mass is 531 g/mol. The van der Waals surface area contributed by atoms with Crippen molar-refractivity contribution in [3.63, 3.8) is 0 Å². The third kappa shape index (κ3) is 6.19. The maximum absolute atomic E-state index is 4.77. The number of hydrogen-bond acceptors (Lipinski definition) is 4. The average Bonchev–Trinajstić information content (AvgIpc) is 3.46. The smallest absolute Gasteiger partial charge is 0.191 e. The Morgan fingerprint density at radius 2 is 2.03 bits per heavy atom. The summed E-state index contributed by atoms with van der Waals surface area (Å²) in [7, 11) is 0. The number of imidazole rings is 1. The lowest BCUT2D eigenvalue weighted by Gasteiger charge is -2.20. The second-order valence-electron chi connectivity index (χ2n) is 7.60. The zero-order chi connectivity index (χ0) is 20.8. The third-order valence-electron chi connectivity index (χ3n) is 5.27. The van der Waals surface area contributed by atoms with Gasteiger partial charge in [-0.1, -0.05) is 23.8 Å². The molecule has 2 aromatic heterocycles. The molecular formula is C23H30IN7. The molecule has 8 heteroatoms. The number of benzene rings is 1. The summed E-state index contributed by atoms with van der Waals surface area (Å²) in [5.41, 5.74) is 3.65. The summed E-state index contributed by atoms with van der Waals surface area (Å²) < 4.78 is 1.89. The highest BCUT2D eigenvalue weighted by atomic mass is 127. The van der Waals surface area contributed by atoms with Crippen LogP contribution in [0.3, 0.4) is 0 Å². The van der Waals surface area contributed by atoms with Gasteiger partial charge in [-0.2, -0.15) is 0 Å². The Morgan fingerprint density at radius 3 is 2.71 bits per heavy atom. The van der Waals surface area contributed by atoms with E-state index in [0.717, 1.165) is 43.4 Å². The topological polar surface area (TPSA) is 70.4 Å². The first-order valence-corrected chi connectivity index (χ1v) is 10.5. The number of aryl methyl sites for hydroxylation is 1. The summed E-state index contributed by atoms with van der Waals surface area (Å²) in [6.45, 7) is 7.66. The molecule has 7 nitrogen and oxygen atoms in total. The second-order valence-corrected chi connectivity index (χ2v) is 7.60. The van der Waals surface area contributed by atoms with Crippen LogP contribution in [0.1, 0.15) is 24.5 Å². The van der Waals surface area contributed by atoms with Crippen LogP contribution in [0.5, 0.6) is 0 Å². The Bertz CT molecular complexity index is 953. The van der Waals surface area contributed by atoms with E-state index in [0.29, 0.717) is 12.6 Å². The Balaban J connectivity index is 0.00000272. The Morgan fingerprint density at radius 1 is 1.19 bits per heavy atom. The summed E-state index contributed by atoms with van der Waals surface area (Å²) in [5, 5.41) is 6.96. The Labute approximate surface area is 201 Å². The van der Waals surface area contributed by atoms with Crippen molar-refractivity contribution in [2.45, 2.75) is 32.9 Å². The normalized spacial score (nSPS) is 16.1. The van der Waals surface area contributed by atoms with Gasteiger partial charge in [-0.15, -0.1) is 24.0 Å². The number of nitrogens with zero attached hydrogens (tertiary/aromatic N) is 5.